The van der Waals surface area contributed by atoms with E-state index in [2.05, 4.69) is 55.2 Å². The van der Waals surface area contributed by atoms with Crippen molar-refractivity contribution < 1.29 is 0 Å². The quantitative estimate of drug-likeness (QED) is 0.763. The molecule has 1 heterocycles. The smallest absolute Gasteiger partial charge is 0.142 e. The van der Waals surface area contributed by atoms with Crippen molar-refractivity contribution in [3.63, 3.8) is 0 Å². The number of hydrogen-bond donors (Lipinski definition) is 0. The van der Waals surface area contributed by atoms with Crippen LogP contribution in [0.3, 0.4) is 0 Å². The normalized spacial score (nSPS) is 11.7. The Hall–Kier alpha value is -1.06. The summed E-state index contributed by atoms with van der Waals surface area (Å²) in [4.78, 5) is 1.16. The topological polar surface area (TPSA) is 25.8 Å². The highest BCUT2D eigenvalue weighted by atomic mass is 35.5. The van der Waals surface area contributed by atoms with E-state index in [-0.39, 0.29) is 5.41 Å². The molecule has 0 aliphatic rings. The lowest BCUT2D eigenvalue weighted by atomic mass is 9.87. The third-order valence-electron chi connectivity index (χ3n) is 3.36. The van der Waals surface area contributed by atoms with Crippen molar-refractivity contribution in [1.82, 2.24) is 10.2 Å². The summed E-state index contributed by atoms with van der Waals surface area (Å²) in [5.74, 6) is 0. The van der Waals surface area contributed by atoms with E-state index in [1.807, 2.05) is 13.8 Å². The minimum absolute atomic E-state index is 0.176. The Balaban J connectivity index is 2.25. The zero-order valence-electron chi connectivity index (χ0n) is 12.5. The molecule has 0 radical (unpaired) electrons. The highest BCUT2D eigenvalue weighted by Crippen LogP contribution is 2.32. The number of hydrogen-bond acceptors (Lipinski definition) is 3. The maximum Gasteiger partial charge on any atom is 0.154 e. The van der Waals surface area contributed by atoms with E-state index in [1.165, 1.54) is 5.56 Å². The predicted molar refractivity (Wildman–Crippen MR) is 85.8 cm³/mol. The molecular formula is C16H19ClN2S. The number of nitrogens with zero attached hydrogens (tertiary/aromatic N) is 2. The van der Waals surface area contributed by atoms with E-state index in [0.717, 1.165) is 21.0 Å². The molecule has 106 valence electrons. The van der Waals surface area contributed by atoms with Gasteiger partial charge in [0.25, 0.3) is 0 Å². The number of rotatable bonds is 2. The van der Waals surface area contributed by atoms with Crippen molar-refractivity contribution in [2.45, 2.75) is 50.0 Å². The molecule has 0 N–H and O–H groups in total. The second kappa shape index (κ2) is 5.74. The Morgan fingerprint density at radius 2 is 1.55 bits per heavy atom. The summed E-state index contributed by atoms with van der Waals surface area (Å²) in [6.07, 6.45) is 0. The van der Waals surface area contributed by atoms with Gasteiger partial charge in [-0.15, -0.1) is 10.2 Å². The highest BCUT2D eigenvalue weighted by molar-refractivity contribution is 7.99. The van der Waals surface area contributed by atoms with E-state index in [4.69, 9.17) is 11.6 Å². The second-order valence-electron chi connectivity index (χ2n) is 5.92. The van der Waals surface area contributed by atoms with Gasteiger partial charge in [0.15, 0.2) is 5.15 Å². The molecule has 2 rings (SSSR count). The molecule has 1 aromatic heterocycles. The summed E-state index contributed by atoms with van der Waals surface area (Å²) in [5.41, 5.74) is 3.60. The molecule has 0 saturated heterocycles. The lowest BCUT2D eigenvalue weighted by Gasteiger charge is -2.19. The van der Waals surface area contributed by atoms with Gasteiger partial charge in [-0.05, 0) is 48.1 Å². The Kier molecular flexibility index (Phi) is 4.40. The van der Waals surface area contributed by atoms with Gasteiger partial charge in [-0.3, -0.25) is 0 Å². The number of aromatic nitrogens is 2. The SMILES string of the molecule is Cc1c(Cl)nnc(Sc2ccc(C(C)(C)C)cc2)c1C. The Morgan fingerprint density at radius 1 is 0.950 bits per heavy atom. The van der Waals surface area contributed by atoms with Crippen LogP contribution in [-0.2, 0) is 5.41 Å². The molecule has 0 aliphatic carbocycles. The molecule has 0 atom stereocenters. The number of halogens is 1. The molecular weight excluding hydrogens is 288 g/mol. The zero-order chi connectivity index (χ0) is 14.9. The minimum Gasteiger partial charge on any atom is -0.142 e. The fourth-order valence-electron chi connectivity index (χ4n) is 1.79. The van der Waals surface area contributed by atoms with Gasteiger partial charge < -0.3 is 0 Å². The van der Waals surface area contributed by atoms with Crippen LogP contribution in [0.15, 0.2) is 34.2 Å². The Bertz CT molecular complexity index is 616. The summed E-state index contributed by atoms with van der Waals surface area (Å²) in [6, 6.07) is 8.62. The average Bonchev–Trinajstić information content (AvgIpc) is 2.39. The molecule has 4 heteroatoms. The molecule has 0 unspecified atom stereocenters. The Labute approximate surface area is 130 Å². The van der Waals surface area contributed by atoms with Gasteiger partial charge in [0, 0.05) is 4.90 Å². The zero-order valence-corrected chi connectivity index (χ0v) is 14.1. The molecule has 0 fully saturated rings. The first-order valence-electron chi connectivity index (χ1n) is 6.57. The van der Waals surface area contributed by atoms with Gasteiger partial charge in [0.05, 0.1) is 0 Å². The molecule has 0 spiro atoms. The third kappa shape index (κ3) is 3.33. The summed E-state index contributed by atoms with van der Waals surface area (Å²) >= 11 is 7.60. The van der Waals surface area contributed by atoms with Crippen LogP contribution in [0.5, 0.6) is 0 Å². The summed E-state index contributed by atoms with van der Waals surface area (Å²) in [5, 5.41) is 9.57. The van der Waals surface area contributed by atoms with E-state index in [1.54, 1.807) is 11.8 Å². The van der Waals surface area contributed by atoms with Gasteiger partial charge in [0.2, 0.25) is 0 Å². The minimum atomic E-state index is 0.176. The first-order valence-corrected chi connectivity index (χ1v) is 7.76. The maximum absolute atomic E-state index is 5.98. The van der Waals surface area contributed by atoms with Gasteiger partial charge >= 0.3 is 0 Å². The largest absolute Gasteiger partial charge is 0.154 e. The van der Waals surface area contributed by atoms with Crippen molar-refractivity contribution in [3.8, 4) is 0 Å². The monoisotopic (exact) mass is 306 g/mol. The average molecular weight is 307 g/mol. The third-order valence-corrected chi connectivity index (χ3v) is 4.80. The molecule has 0 bridgehead atoms. The molecule has 0 aliphatic heterocycles. The van der Waals surface area contributed by atoms with Crippen molar-refractivity contribution in [1.29, 1.82) is 0 Å². The van der Waals surface area contributed by atoms with Crippen LogP contribution in [0, 0.1) is 13.8 Å². The van der Waals surface area contributed by atoms with Crippen LogP contribution in [0.1, 0.15) is 37.5 Å². The lowest BCUT2D eigenvalue weighted by Crippen LogP contribution is -2.10. The van der Waals surface area contributed by atoms with Crippen LogP contribution in [0.25, 0.3) is 0 Å². The molecule has 2 aromatic rings. The van der Waals surface area contributed by atoms with Crippen LogP contribution < -0.4 is 0 Å². The van der Waals surface area contributed by atoms with Crippen molar-refractivity contribution in [2.75, 3.05) is 0 Å². The summed E-state index contributed by atoms with van der Waals surface area (Å²) in [7, 11) is 0. The Morgan fingerprint density at radius 3 is 2.10 bits per heavy atom. The van der Waals surface area contributed by atoms with Crippen LogP contribution in [0.4, 0.5) is 0 Å². The van der Waals surface area contributed by atoms with E-state index < -0.39 is 0 Å². The van der Waals surface area contributed by atoms with Gasteiger partial charge in [-0.1, -0.05) is 56.3 Å². The van der Waals surface area contributed by atoms with Crippen LogP contribution >= 0.6 is 23.4 Å². The maximum atomic E-state index is 5.98. The van der Waals surface area contributed by atoms with E-state index in [9.17, 15) is 0 Å². The fraction of sp³-hybridized carbons (Fsp3) is 0.375. The van der Waals surface area contributed by atoms with Crippen LogP contribution in [0.2, 0.25) is 5.15 Å². The van der Waals surface area contributed by atoms with Gasteiger partial charge in [-0.2, -0.15) is 0 Å². The second-order valence-corrected chi connectivity index (χ2v) is 7.34. The lowest BCUT2D eigenvalue weighted by molar-refractivity contribution is 0.590. The molecule has 0 amide bonds. The van der Waals surface area contributed by atoms with Gasteiger partial charge in [0.1, 0.15) is 5.03 Å². The standard InChI is InChI=1S/C16H19ClN2S/c1-10-11(2)15(19-18-14(10)17)20-13-8-6-12(7-9-13)16(3,4)5/h6-9H,1-5H3. The summed E-state index contributed by atoms with van der Waals surface area (Å²) < 4.78 is 0. The molecule has 1 aromatic carbocycles. The molecule has 20 heavy (non-hydrogen) atoms. The fourth-order valence-corrected chi connectivity index (χ4v) is 2.85. The van der Waals surface area contributed by atoms with Crippen molar-refractivity contribution in [3.05, 3.63) is 46.1 Å². The highest BCUT2D eigenvalue weighted by Gasteiger charge is 2.14. The van der Waals surface area contributed by atoms with Crippen molar-refractivity contribution >= 4 is 23.4 Å². The first kappa shape index (κ1) is 15.3. The molecule has 0 saturated carbocycles. The number of benzene rings is 1. The van der Waals surface area contributed by atoms with Crippen LogP contribution in [-0.4, -0.2) is 10.2 Å². The van der Waals surface area contributed by atoms with E-state index in [0.29, 0.717) is 5.15 Å². The van der Waals surface area contributed by atoms with Gasteiger partial charge in [-0.25, -0.2) is 0 Å². The predicted octanol–water partition coefficient (Wildman–Crippen LogP) is 5.20. The first-order chi connectivity index (χ1) is 9.29. The molecule has 2 nitrogen and oxygen atoms in total. The van der Waals surface area contributed by atoms with Crippen molar-refractivity contribution in [2.24, 2.45) is 0 Å². The van der Waals surface area contributed by atoms with E-state index >= 15 is 0 Å². The summed E-state index contributed by atoms with van der Waals surface area (Å²) in [6.45, 7) is 10.6.